The molecule has 0 spiro atoms. The monoisotopic (exact) mass is 296 g/mol. The standard InChI is InChI=1S/C18H24N4/c1-2-4-15(5-3-1)11-22-12-16-6-7-17(22)13-21(10-16)14-18-19-8-9-20-18/h1-5,8-9,16-17H,6-7,10-14H2,(H,19,20)/t16-,17+/m1/s1. The number of hydrogen-bond acceptors (Lipinski definition) is 3. The topological polar surface area (TPSA) is 35.2 Å². The fourth-order valence-electron chi connectivity index (χ4n) is 4.01. The maximum absolute atomic E-state index is 4.39. The molecule has 2 atom stereocenters. The van der Waals surface area contributed by atoms with Gasteiger partial charge in [0.05, 0.1) is 6.54 Å². The van der Waals surface area contributed by atoms with E-state index in [4.69, 9.17) is 0 Å². The average molecular weight is 296 g/mol. The summed E-state index contributed by atoms with van der Waals surface area (Å²) in [6.45, 7) is 5.68. The predicted octanol–water partition coefficient (Wildman–Crippen LogP) is 2.51. The molecule has 2 aromatic rings. The third kappa shape index (κ3) is 3.08. The molecule has 2 bridgehead atoms. The van der Waals surface area contributed by atoms with Gasteiger partial charge in [0.15, 0.2) is 0 Å². The van der Waals surface area contributed by atoms with Crippen LogP contribution >= 0.6 is 0 Å². The van der Waals surface area contributed by atoms with Crippen molar-refractivity contribution in [2.45, 2.75) is 32.0 Å². The Kier molecular flexibility index (Phi) is 3.95. The molecule has 3 aliphatic heterocycles. The van der Waals surface area contributed by atoms with Crippen molar-refractivity contribution < 1.29 is 0 Å². The lowest BCUT2D eigenvalue weighted by molar-refractivity contribution is 0.123. The Morgan fingerprint density at radius 2 is 1.95 bits per heavy atom. The Morgan fingerprint density at radius 3 is 2.77 bits per heavy atom. The Hall–Kier alpha value is -1.65. The third-order valence-electron chi connectivity index (χ3n) is 5.06. The summed E-state index contributed by atoms with van der Waals surface area (Å²) in [6, 6.07) is 11.6. The van der Waals surface area contributed by atoms with E-state index in [9.17, 15) is 0 Å². The summed E-state index contributed by atoms with van der Waals surface area (Å²) >= 11 is 0. The Balaban J connectivity index is 1.44. The molecule has 5 rings (SSSR count). The van der Waals surface area contributed by atoms with E-state index in [1.165, 1.54) is 38.0 Å². The molecule has 0 amide bonds. The van der Waals surface area contributed by atoms with Crippen molar-refractivity contribution in [1.29, 1.82) is 0 Å². The minimum Gasteiger partial charge on any atom is -0.348 e. The van der Waals surface area contributed by atoms with Crippen molar-refractivity contribution >= 4 is 0 Å². The van der Waals surface area contributed by atoms with E-state index >= 15 is 0 Å². The minimum absolute atomic E-state index is 0.689. The summed E-state index contributed by atoms with van der Waals surface area (Å²) in [5.41, 5.74) is 1.44. The van der Waals surface area contributed by atoms with Gasteiger partial charge < -0.3 is 4.98 Å². The maximum atomic E-state index is 4.39. The van der Waals surface area contributed by atoms with Gasteiger partial charge in [-0.15, -0.1) is 0 Å². The van der Waals surface area contributed by atoms with Crippen LogP contribution in [0.3, 0.4) is 0 Å². The number of aromatic nitrogens is 2. The fraction of sp³-hybridized carbons (Fsp3) is 0.500. The first kappa shape index (κ1) is 14.0. The molecule has 3 saturated heterocycles. The van der Waals surface area contributed by atoms with E-state index < -0.39 is 0 Å². The number of rotatable bonds is 4. The van der Waals surface area contributed by atoms with Crippen molar-refractivity contribution in [3.63, 3.8) is 0 Å². The van der Waals surface area contributed by atoms with Gasteiger partial charge in [0.2, 0.25) is 0 Å². The summed E-state index contributed by atoms with van der Waals surface area (Å²) in [5, 5.41) is 0. The van der Waals surface area contributed by atoms with Crippen LogP contribution < -0.4 is 0 Å². The lowest BCUT2D eigenvalue weighted by Crippen LogP contribution is -2.43. The molecule has 0 radical (unpaired) electrons. The lowest BCUT2D eigenvalue weighted by atomic mass is 9.94. The Bertz CT molecular complexity index is 580. The highest BCUT2D eigenvalue weighted by molar-refractivity contribution is 5.15. The minimum atomic E-state index is 0.689. The molecule has 1 aromatic carbocycles. The van der Waals surface area contributed by atoms with Crippen LogP contribution in [-0.2, 0) is 13.1 Å². The molecule has 1 aromatic heterocycles. The van der Waals surface area contributed by atoms with E-state index in [-0.39, 0.29) is 0 Å². The van der Waals surface area contributed by atoms with Crippen molar-refractivity contribution in [2.75, 3.05) is 19.6 Å². The number of nitrogens with one attached hydrogen (secondary N) is 1. The molecule has 0 aliphatic carbocycles. The quantitative estimate of drug-likeness (QED) is 0.941. The third-order valence-corrected chi connectivity index (χ3v) is 5.06. The zero-order chi connectivity index (χ0) is 14.8. The van der Waals surface area contributed by atoms with E-state index in [2.05, 4.69) is 50.1 Å². The highest BCUT2D eigenvalue weighted by Crippen LogP contribution is 2.29. The molecule has 4 heteroatoms. The number of imidazole rings is 1. The molecule has 0 unspecified atom stereocenters. The van der Waals surface area contributed by atoms with Crippen LogP contribution in [0.4, 0.5) is 0 Å². The van der Waals surface area contributed by atoms with Crippen LogP contribution in [0.5, 0.6) is 0 Å². The second-order valence-corrected chi connectivity index (χ2v) is 6.74. The molecule has 3 aliphatic rings. The number of nitrogens with zero attached hydrogens (tertiary/aromatic N) is 3. The second kappa shape index (κ2) is 6.23. The van der Waals surface area contributed by atoms with Crippen molar-refractivity contribution in [2.24, 2.45) is 5.92 Å². The van der Waals surface area contributed by atoms with Gasteiger partial charge >= 0.3 is 0 Å². The normalized spacial score (nSPS) is 26.2. The first-order valence-corrected chi connectivity index (χ1v) is 8.35. The number of H-pyrrole nitrogens is 1. The first-order valence-electron chi connectivity index (χ1n) is 8.35. The van der Waals surface area contributed by atoms with Crippen molar-refractivity contribution in [1.82, 2.24) is 19.8 Å². The molecule has 4 heterocycles. The van der Waals surface area contributed by atoms with Gasteiger partial charge in [-0.05, 0) is 24.3 Å². The molecule has 0 saturated carbocycles. The Morgan fingerprint density at radius 1 is 1.05 bits per heavy atom. The summed E-state index contributed by atoms with van der Waals surface area (Å²) in [7, 11) is 0. The molecular formula is C18H24N4. The highest BCUT2D eigenvalue weighted by atomic mass is 15.3. The van der Waals surface area contributed by atoms with E-state index in [0.717, 1.165) is 24.8 Å². The van der Waals surface area contributed by atoms with Crippen LogP contribution in [0.15, 0.2) is 42.7 Å². The van der Waals surface area contributed by atoms with Gasteiger partial charge in [0, 0.05) is 44.6 Å². The smallest absolute Gasteiger partial charge is 0.120 e. The molecular weight excluding hydrogens is 272 g/mol. The van der Waals surface area contributed by atoms with Crippen LogP contribution in [0.2, 0.25) is 0 Å². The van der Waals surface area contributed by atoms with Crippen LogP contribution in [0.25, 0.3) is 0 Å². The number of piperidine rings is 1. The summed E-state index contributed by atoms with van der Waals surface area (Å²) in [4.78, 5) is 12.9. The zero-order valence-electron chi connectivity index (χ0n) is 13.0. The summed E-state index contributed by atoms with van der Waals surface area (Å²) in [6.07, 6.45) is 6.49. The molecule has 4 nitrogen and oxygen atoms in total. The van der Waals surface area contributed by atoms with Gasteiger partial charge in [-0.3, -0.25) is 9.80 Å². The molecule has 116 valence electrons. The molecule has 3 fully saturated rings. The van der Waals surface area contributed by atoms with Gasteiger partial charge in [0.25, 0.3) is 0 Å². The number of hydrogen-bond donors (Lipinski definition) is 1. The van der Waals surface area contributed by atoms with Crippen LogP contribution in [0.1, 0.15) is 24.2 Å². The lowest BCUT2D eigenvalue weighted by Gasteiger charge is -2.36. The van der Waals surface area contributed by atoms with Gasteiger partial charge in [-0.2, -0.15) is 0 Å². The molecule has 1 N–H and O–H groups in total. The summed E-state index contributed by atoms with van der Waals surface area (Å²) < 4.78 is 0. The number of benzene rings is 1. The molecule has 22 heavy (non-hydrogen) atoms. The first-order chi connectivity index (χ1) is 10.9. The average Bonchev–Trinajstić information content (AvgIpc) is 2.89. The SMILES string of the molecule is c1ccc(CN2C[C@@H]3CC[C@H]2CN(Cc2ncc[nH]2)C3)cc1. The van der Waals surface area contributed by atoms with E-state index in [1.54, 1.807) is 0 Å². The second-order valence-electron chi connectivity index (χ2n) is 6.74. The van der Waals surface area contributed by atoms with E-state index in [0.29, 0.717) is 6.04 Å². The van der Waals surface area contributed by atoms with Crippen molar-refractivity contribution in [3.8, 4) is 0 Å². The fourth-order valence-corrected chi connectivity index (χ4v) is 4.01. The van der Waals surface area contributed by atoms with Crippen LogP contribution in [0, 0.1) is 5.92 Å². The van der Waals surface area contributed by atoms with Gasteiger partial charge in [-0.25, -0.2) is 4.98 Å². The van der Waals surface area contributed by atoms with Crippen molar-refractivity contribution in [3.05, 3.63) is 54.1 Å². The summed E-state index contributed by atoms with van der Waals surface area (Å²) in [5.74, 6) is 1.90. The zero-order valence-corrected chi connectivity index (χ0v) is 13.0. The maximum Gasteiger partial charge on any atom is 0.120 e. The van der Waals surface area contributed by atoms with Gasteiger partial charge in [0.1, 0.15) is 5.82 Å². The Labute approximate surface area is 132 Å². The van der Waals surface area contributed by atoms with Crippen LogP contribution in [-0.4, -0.2) is 45.4 Å². The van der Waals surface area contributed by atoms with Gasteiger partial charge in [-0.1, -0.05) is 30.3 Å². The van der Waals surface area contributed by atoms with E-state index in [1.807, 2.05) is 12.4 Å². The largest absolute Gasteiger partial charge is 0.348 e. The highest BCUT2D eigenvalue weighted by Gasteiger charge is 2.34. The predicted molar refractivity (Wildman–Crippen MR) is 87.2 cm³/mol. The number of aromatic amines is 1. The number of fused-ring (bicyclic) bond motifs is 4.